The normalized spacial score (nSPS) is 16.5. The predicted octanol–water partition coefficient (Wildman–Crippen LogP) is 3.33. The summed E-state index contributed by atoms with van der Waals surface area (Å²) in [6, 6.07) is 17.2. The predicted molar refractivity (Wildman–Crippen MR) is 137 cm³/mol. The Morgan fingerprint density at radius 3 is 2.61 bits per heavy atom. The zero-order chi connectivity index (χ0) is 23.6. The molecule has 1 atom stereocenters. The molecule has 0 spiro atoms. The molecule has 0 fully saturated rings. The molecule has 0 saturated carbocycles. The van der Waals surface area contributed by atoms with Gasteiger partial charge in [0.1, 0.15) is 6.29 Å². The number of aryl methyl sites for hydroxylation is 1. The molecule has 6 nitrogen and oxygen atoms in total. The Morgan fingerprint density at radius 2 is 1.97 bits per heavy atom. The maximum Gasteiger partial charge on any atom is 0.150 e. The highest BCUT2D eigenvalue weighted by Crippen LogP contribution is 2.27. The van der Waals surface area contributed by atoms with Crippen LogP contribution in [0.1, 0.15) is 12.0 Å². The summed E-state index contributed by atoms with van der Waals surface area (Å²) in [6.07, 6.45) is 11.3. The van der Waals surface area contributed by atoms with Crippen LogP contribution in [0.5, 0.6) is 0 Å². The Morgan fingerprint density at radius 1 is 1.18 bits per heavy atom. The van der Waals surface area contributed by atoms with Gasteiger partial charge in [-0.25, -0.2) is 0 Å². The number of nitrogens with two attached hydrogens (primary N) is 2. The summed E-state index contributed by atoms with van der Waals surface area (Å²) >= 11 is 0. The Hall–Kier alpha value is -3.77. The molecule has 2 aromatic rings. The summed E-state index contributed by atoms with van der Waals surface area (Å²) in [5.41, 5.74) is 19.1. The summed E-state index contributed by atoms with van der Waals surface area (Å²) in [6.45, 7) is 3.20. The van der Waals surface area contributed by atoms with Crippen molar-refractivity contribution in [2.45, 2.75) is 19.4 Å². The van der Waals surface area contributed by atoms with E-state index in [2.05, 4.69) is 64.9 Å². The van der Waals surface area contributed by atoms with Crippen molar-refractivity contribution >= 4 is 12.0 Å². The van der Waals surface area contributed by atoms with E-state index in [1.165, 1.54) is 16.7 Å². The summed E-state index contributed by atoms with van der Waals surface area (Å²) in [5.74, 6) is 0. The van der Waals surface area contributed by atoms with E-state index < -0.39 is 0 Å². The minimum atomic E-state index is 0.347. The number of allylic oxidation sites excluding steroid dienone is 2. The molecule has 0 saturated heterocycles. The summed E-state index contributed by atoms with van der Waals surface area (Å²) in [7, 11) is 1.86. The van der Waals surface area contributed by atoms with E-state index in [1.807, 2.05) is 37.5 Å². The van der Waals surface area contributed by atoms with E-state index in [0.717, 1.165) is 35.2 Å². The standard InChI is InChI=1S/C18H24N4.C9H9NO/c1-14-10-16(15-6-4-3-5-7-15)8-9-18(14)22(13-20)12-17(11-19)21-2;11-6-7-2-1-3-9-8(7)4-5-10-9/h3-11,21H,12-13,19-20H2,1-2H3;1-2,4-6,9-10H,3H2/b17-11-;. The van der Waals surface area contributed by atoms with Crippen LogP contribution in [-0.4, -0.2) is 32.6 Å². The van der Waals surface area contributed by atoms with Crippen molar-refractivity contribution in [2.24, 2.45) is 11.5 Å². The van der Waals surface area contributed by atoms with Crippen molar-refractivity contribution in [1.29, 1.82) is 0 Å². The smallest absolute Gasteiger partial charge is 0.150 e. The number of carbonyl (C=O) groups excluding carboxylic acids is 1. The average molecular weight is 444 g/mol. The van der Waals surface area contributed by atoms with Gasteiger partial charge in [0.2, 0.25) is 0 Å². The van der Waals surface area contributed by atoms with Gasteiger partial charge in [0.25, 0.3) is 0 Å². The maximum atomic E-state index is 10.5. The average Bonchev–Trinajstić information content (AvgIpc) is 3.35. The fraction of sp³-hybridized carbons (Fsp3) is 0.222. The van der Waals surface area contributed by atoms with Crippen LogP contribution < -0.4 is 27.0 Å². The van der Waals surface area contributed by atoms with Gasteiger partial charge in [-0.15, -0.1) is 0 Å². The third-order valence-electron chi connectivity index (χ3n) is 5.81. The molecular formula is C27H33N5O. The second-order valence-electron chi connectivity index (χ2n) is 7.91. The molecule has 0 radical (unpaired) electrons. The fourth-order valence-corrected chi connectivity index (χ4v) is 3.98. The first-order valence-electron chi connectivity index (χ1n) is 11.1. The zero-order valence-electron chi connectivity index (χ0n) is 19.3. The van der Waals surface area contributed by atoms with Gasteiger partial charge in [-0.1, -0.05) is 48.6 Å². The van der Waals surface area contributed by atoms with E-state index in [1.54, 1.807) is 6.20 Å². The Kier molecular flexibility index (Phi) is 8.49. The number of likely N-dealkylation sites (N-methyl/N-ethyl adjacent to an activating group) is 1. The maximum absolute atomic E-state index is 10.5. The lowest BCUT2D eigenvalue weighted by Crippen LogP contribution is -2.35. The van der Waals surface area contributed by atoms with Crippen molar-refractivity contribution in [3.05, 3.63) is 102 Å². The fourth-order valence-electron chi connectivity index (χ4n) is 3.98. The van der Waals surface area contributed by atoms with E-state index in [0.29, 0.717) is 19.3 Å². The molecule has 2 aromatic carbocycles. The molecule has 1 aliphatic heterocycles. The molecule has 1 heterocycles. The molecule has 1 unspecified atom stereocenters. The van der Waals surface area contributed by atoms with E-state index >= 15 is 0 Å². The second kappa shape index (κ2) is 11.7. The van der Waals surface area contributed by atoms with Crippen LogP contribution in [0.3, 0.4) is 0 Å². The highest BCUT2D eigenvalue weighted by molar-refractivity contribution is 5.81. The molecule has 1 aliphatic carbocycles. The van der Waals surface area contributed by atoms with Crippen LogP contribution in [0.2, 0.25) is 0 Å². The molecule has 6 N–H and O–H groups in total. The number of hydrogen-bond acceptors (Lipinski definition) is 6. The minimum Gasteiger partial charge on any atom is -0.403 e. The molecule has 0 aromatic heterocycles. The number of carbonyl (C=O) groups is 1. The van der Waals surface area contributed by atoms with E-state index in [4.69, 9.17) is 11.5 Å². The first kappa shape index (κ1) is 23.9. The third-order valence-corrected chi connectivity index (χ3v) is 5.81. The van der Waals surface area contributed by atoms with Gasteiger partial charge < -0.3 is 27.0 Å². The number of nitrogens with one attached hydrogen (secondary N) is 2. The first-order valence-corrected chi connectivity index (χ1v) is 11.1. The van der Waals surface area contributed by atoms with Crippen LogP contribution >= 0.6 is 0 Å². The van der Waals surface area contributed by atoms with Gasteiger partial charge in [-0.2, -0.15) is 0 Å². The summed E-state index contributed by atoms with van der Waals surface area (Å²) < 4.78 is 0. The SMILES string of the molecule is CN/C(=C\N)CN(CN)c1ccc(-c2ccccc2)cc1C.O=CC1=C2C=CNC2CC=C1. The molecule has 0 amide bonds. The van der Waals surface area contributed by atoms with E-state index in [-0.39, 0.29) is 0 Å². The van der Waals surface area contributed by atoms with Crippen LogP contribution in [0.4, 0.5) is 5.69 Å². The van der Waals surface area contributed by atoms with Gasteiger partial charge in [0, 0.05) is 30.2 Å². The lowest BCUT2D eigenvalue weighted by atomic mass is 9.95. The van der Waals surface area contributed by atoms with Crippen LogP contribution in [0.25, 0.3) is 11.1 Å². The number of rotatable bonds is 7. The second-order valence-corrected chi connectivity index (χ2v) is 7.91. The highest BCUT2D eigenvalue weighted by Gasteiger charge is 2.19. The molecule has 4 rings (SSSR count). The summed E-state index contributed by atoms with van der Waals surface area (Å²) in [4.78, 5) is 12.6. The number of fused-ring (bicyclic) bond motifs is 1. The monoisotopic (exact) mass is 443 g/mol. The Bertz CT molecular complexity index is 1070. The number of anilines is 1. The lowest BCUT2D eigenvalue weighted by Gasteiger charge is -2.26. The number of benzene rings is 2. The van der Waals surface area contributed by atoms with Gasteiger partial charge in [0.05, 0.1) is 19.3 Å². The number of nitrogens with zero attached hydrogens (tertiary/aromatic N) is 1. The van der Waals surface area contributed by atoms with Crippen molar-refractivity contribution < 1.29 is 4.79 Å². The van der Waals surface area contributed by atoms with Crippen LogP contribution in [0.15, 0.2) is 96.0 Å². The molecule has 172 valence electrons. The highest BCUT2D eigenvalue weighted by atomic mass is 16.1. The van der Waals surface area contributed by atoms with Gasteiger partial charge in [-0.3, -0.25) is 4.79 Å². The van der Waals surface area contributed by atoms with Crippen molar-refractivity contribution in [1.82, 2.24) is 10.6 Å². The Balaban J connectivity index is 0.000000231. The van der Waals surface area contributed by atoms with Crippen molar-refractivity contribution in [2.75, 3.05) is 25.2 Å². The van der Waals surface area contributed by atoms with Crippen molar-refractivity contribution in [3.8, 4) is 11.1 Å². The third kappa shape index (κ3) is 5.93. The topological polar surface area (TPSA) is 96.4 Å². The summed E-state index contributed by atoms with van der Waals surface area (Å²) in [5, 5.41) is 6.26. The number of hydrogen-bond donors (Lipinski definition) is 4. The molecule has 33 heavy (non-hydrogen) atoms. The molecule has 0 bridgehead atoms. The number of aldehydes is 1. The molecule has 2 aliphatic rings. The van der Waals surface area contributed by atoms with Crippen LogP contribution in [0, 0.1) is 6.92 Å². The van der Waals surface area contributed by atoms with E-state index in [9.17, 15) is 4.79 Å². The zero-order valence-corrected chi connectivity index (χ0v) is 19.3. The molecule has 6 heteroatoms. The van der Waals surface area contributed by atoms with Gasteiger partial charge in [-0.05, 0) is 60.0 Å². The van der Waals surface area contributed by atoms with Crippen molar-refractivity contribution in [3.63, 3.8) is 0 Å². The van der Waals surface area contributed by atoms with Gasteiger partial charge >= 0.3 is 0 Å². The minimum absolute atomic E-state index is 0.347. The van der Waals surface area contributed by atoms with Gasteiger partial charge in [0.15, 0.2) is 0 Å². The van der Waals surface area contributed by atoms with Crippen LogP contribution in [-0.2, 0) is 4.79 Å². The Labute approximate surface area is 196 Å². The largest absolute Gasteiger partial charge is 0.403 e. The molecular weight excluding hydrogens is 410 g/mol. The quantitative estimate of drug-likeness (QED) is 0.387. The lowest BCUT2D eigenvalue weighted by molar-refractivity contribution is -0.104. The first-order chi connectivity index (χ1) is 16.1.